The predicted octanol–water partition coefficient (Wildman–Crippen LogP) is 3.77. The highest BCUT2D eigenvalue weighted by molar-refractivity contribution is 9.10. The number of ether oxygens (including phenoxy) is 1. The molecule has 0 saturated heterocycles. The molecule has 0 bridgehead atoms. The van der Waals surface area contributed by atoms with E-state index in [2.05, 4.69) is 25.3 Å². The summed E-state index contributed by atoms with van der Waals surface area (Å²) in [6.07, 6.45) is 1.87. The first kappa shape index (κ1) is 11.3. The SMILES string of the molecule is COc1ccc(-c2ncc3cccc(Br)n23)cc1. The topological polar surface area (TPSA) is 26.5 Å². The molecule has 4 heteroatoms. The Morgan fingerprint density at radius 1 is 1.11 bits per heavy atom. The molecule has 0 atom stereocenters. The van der Waals surface area contributed by atoms with E-state index in [0.717, 1.165) is 27.3 Å². The largest absolute Gasteiger partial charge is 0.497 e. The Balaban J connectivity index is 2.18. The normalized spacial score (nSPS) is 10.8. The molecule has 0 fully saturated rings. The second kappa shape index (κ2) is 4.46. The molecular formula is C14H11BrN2O. The number of imidazole rings is 1. The lowest BCUT2D eigenvalue weighted by Gasteiger charge is -2.05. The maximum absolute atomic E-state index is 5.16. The van der Waals surface area contributed by atoms with Crippen molar-refractivity contribution >= 4 is 21.4 Å². The molecular weight excluding hydrogens is 292 g/mol. The van der Waals surface area contributed by atoms with Gasteiger partial charge in [0.05, 0.1) is 23.4 Å². The monoisotopic (exact) mass is 302 g/mol. The number of nitrogens with zero attached hydrogens (tertiary/aromatic N) is 2. The molecule has 3 nitrogen and oxygen atoms in total. The number of halogens is 1. The molecule has 3 aromatic rings. The van der Waals surface area contributed by atoms with Crippen molar-refractivity contribution in [2.45, 2.75) is 0 Å². The molecule has 3 rings (SSSR count). The van der Waals surface area contributed by atoms with E-state index >= 15 is 0 Å². The Morgan fingerprint density at radius 3 is 2.61 bits per heavy atom. The van der Waals surface area contributed by atoms with Crippen LogP contribution in [0.1, 0.15) is 0 Å². The van der Waals surface area contributed by atoms with Crippen molar-refractivity contribution < 1.29 is 4.74 Å². The first-order valence-electron chi connectivity index (χ1n) is 5.56. The van der Waals surface area contributed by atoms with Crippen LogP contribution in [0.5, 0.6) is 5.75 Å². The van der Waals surface area contributed by atoms with Crippen molar-refractivity contribution in [3.05, 3.63) is 53.3 Å². The van der Waals surface area contributed by atoms with Gasteiger partial charge in [0.1, 0.15) is 11.6 Å². The zero-order valence-corrected chi connectivity index (χ0v) is 11.4. The number of rotatable bonds is 2. The van der Waals surface area contributed by atoms with Gasteiger partial charge in [0.2, 0.25) is 0 Å². The number of pyridine rings is 1. The standard InChI is InChI=1S/C14H11BrN2O/c1-18-12-7-5-10(6-8-12)14-16-9-11-3-2-4-13(15)17(11)14/h2-9H,1H3. The number of aromatic nitrogens is 2. The lowest BCUT2D eigenvalue weighted by Crippen LogP contribution is -1.91. The molecule has 18 heavy (non-hydrogen) atoms. The molecule has 2 aromatic heterocycles. The highest BCUT2D eigenvalue weighted by Gasteiger charge is 2.08. The summed E-state index contributed by atoms with van der Waals surface area (Å²) in [4.78, 5) is 4.47. The lowest BCUT2D eigenvalue weighted by atomic mass is 10.2. The molecule has 90 valence electrons. The van der Waals surface area contributed by atoms with Gasteiger partial charge in [0.15, 0.2) is 0 Å². The van der Waals surface area contributed by atoms with Gasteiger partial charge in [-0.15, -0.1) is 0 Å². The van der Waals surface area contributed by atoms with Crippen molar-refractivity contribution in [3.8, 4) is 17.1 Å². The van der Waals surface area contributed by atoms with Crippen molar-refractivity contribution in [1.82, 2.24) is 9.38 Å². The van der Waals surface area contributed by atoms with Crippen LogP contribution < -0.4 is 4.74 Å². The van der Waals surface area contributed by atoms with Crippen LogP contribution in [0.3, 0.4) is 0 Å². The Morgan fingerprint density at radius 2 is 1.89 bits per heavy atom. The molecule has 0 unspecified atom stereocenters. The summed E-state index contributed by atoms with van der Waals surface area (Å²) >= 11 is 3.55. The first-order valence-corrected chi connectivity index (χ1v) is 6.35. The van der Waals surface area contributed by atoms with E-state index in [4.69, 9.17) is 4.74 Å². The molecule has 0 aliphatic rings. The van der Waals surface area contributed by atoms with Crippen LogP contribution >= 0.6 is 15.9 Å². The molecule has 0 saturated carbocycles. The van der Waals surface area contributed by atoms with Gasteiger partial charge in [-0.25, -0.2) is 4.98 Å². The zero-order valence-electron chi connectivity index (χ0n) is 9.80. The summed E-state index contributed by atoms with van der Waals surface area (Å²) in [6, 6.07) is 13.9. The summed E-state index contributed by atoms with van der Waals surface area (Å²) in [5.74, 6) is 1.76. The highest BCUT2D eigenvalue weighted by atomic mass is 79.9. The van der Waals surface area contributed by atoms with Gasteiger partial charge in [0, 0.05) is 5.56 Å². The van der Waals surface area contributed by atoms with Crippen LogP contribution in [-0.2, 0) is 0 Å². The Bertz CT molecular complexity index is 689. The van der Waals surface area contributed by atoms with Gasteiger partial charge >= 0.3 is 0 Å². The third kappa shape index (κ3) is 1.78. The fraction of sp³-hybridized carbons (Fsp3) is 0.0714. The minimum atomic E-state index is 0.846. The van der Waals surface area contributed by atoms with Crippen LogP contribution in [0.25, 0.3) is 16.9 Å². The Labute approximate surface area is 113 Å². The first-order chi connectivity index (χ1) is 8.79. The van der Waals surface area contributed by atoms with E-state index in [-0.39, 0.29) is 0 Å². The second-order valence-corrected chi connectivity index (χ2v) is 4.73. The number of benzene rings is 1. The van der Waals surface area contributed by atoms with Crippen LogP contribution in [-0.4, -0.2) is 16.5 Å². The van der Waals surface area contributed by atoms with Crippen LogP contribution in [0.15, 0.2) is 53.3 Å². The number of hydrogen-bond acceptors (Lipinski definition) is 2. The van der Waals surface area contributed by atoms with Gasteiger partial charge in [-0.2, -0.15) is 0 Å². The average Bonchev–Trinajstić information content (AvgIpc) is 2.84. The molecule has 0 aliphatic carbocycles. The molecule has 1 aromatic carbocycles. The van der Waals surface area contributed by atoms with E-state index in [1.54, 1.807) is 7.11 Å². The van der Waals surface area contributed by atoms with Crippen molar-refractivity contribution in [2.24, 2.45) is 0 Å². The smallest absolute Gasteiger partial charge is 0.145 e. The Hall–Kier alpha value is -1.81. The minimum Gasteiger partial charge on any atom is -0.497 e. The Kier molecular flexibility index (Phi) is 2.80. The lowest BCUT2D eigenvalue weighted by molar-refractivity contribution is 0.415. The fourth-order valence-electron chi connectivity index (χ4n) is 1.95. The molecule has 2 heterocycles. The van der Waals surface area contributed by atoms with Gasteiger partial charge in [0.25, 0.3) is 0 Å². The van der Waals surface area contributed by atoms with Gasteiger partial charge in [-0.1, -0.05) is 6.07 Å². The minimum absolute atomic E-state index is 0.846. The highest BCUT2D eigenvalue weighted by Crippen LogP contribution is 2.25. The molecule has 0 spiro atoms. The van der Waals surface area contributed by atoms with Crippen LogP contribution in [0, 0.1) is 0 Å². The molecule has 0 N–H and O–H groups in total. The maximum atomic E-state index is 5.16. The van der Waals surface area contributed by atoms with E-state index < -0.39 is 0 Å². The van der Waals surface area contributed by atoms with Crippen molar-refractivity contribution in [2.75, 3.05) is 7.11 Å². The quantitative estimate of drug-likeness (QED) is 0.674. The third-order valence-electron chi connectivity index (χ3n) is 2.85. The van der Waals surface area contributed by atoms with E-state index in [0.29, 0.717) is 0 Å². The second-order valence-electron chi connectivity index (χ2n) is 3.92. The predicted molar refractivity (Wildman–Crippen MR) is 74.9 cm³/mol. The zero-order chi connectivity index (χ0) is 12.5. The maximum Gasteiger partial charge on any atom is 0.145 e. The molecule has 0 amide bonds. The third-order valence-corrected chi connectivity index (χ3v) is 3.47. The summed E-state index contributed by atoms with van der Waals surface area (Å²) in [7, 11) is 1.66. The average molecular weight is 303 g/mol. The van der Waals surface area contributed by atoms with E-state index in [1.165, 1.54) is 0 Å². The van der Waals surface area contributed by atoms with Gasteiger partial charge in [-0.3, -0.25) is 4.40 Å². The molecule has 0 aliphatic heterocycles. The molecule has 0 radical (unpaired) electrons. The fourth-order valence-corrected chi connectivity index (χ4v) is 2.48. The van der Waals surface area contributed by atoms with Crippen LogP contribution in [0.4, 0.5) is 0 Å². The van der Waals surface area contributed by atoms with Crippen molar-refractivity contribution in [1.29, 1.82) is 0 Å². The van der Waals surface area contributed by atoms with Gasteiger partial charge in [-0.05, 0) is 52.3 Å². The van der Waals surface area contributed by atoms with E-state index in [9.17, 15) is 0 Å². The number of methoxy groups -OCH3 is 1. The summed E-state index contributed by atoms with van der Waals surface area (Å²) in [6.45, 7) is 0. The van der Waals surface area contributed by atoms with Gasteiger partial charge < -0.3 is 4.74 Å². The van der Waals surface area contributed by atoms with Crippen LogP contribution in [0.2, 0.25) is 0 Å². The van der Waals surface area contributed by atoms with E-state index in [1.807, 2.05) is 48.7 Å². The summed E-state index contributed by atoms with van der Waals surface area (Å²) in [5.41, 5.74) is 2.12. The number of fused-ring (bicyclic) bond motifs is 1. The number of hydrogen-bond donors (Lipinski definition) is 0. The summed E-state index contributed by atoms with van der Waals surface area (Å²) < 4.78 is 8.22. The van der Waals surface area contributed by atoms with Crippen molar-refractivity contribution in [3.63, 3.8) is 0 Å². The summed E-state index contributed by atoms with van der Waals surface area (Å²) in [5, 5.41) is 0.